The molecule has 3 aromatic carbocycles. The van der Waals surface area contributed by atoms with E-state index in [-0.39, 0.29) is 33.0 Å². The Morgan fingerprint density at radius 3 is 1.93 bits per heavy atom. The normalized spacial score (nSPS) is 10.4. The summed E-state index contributed by atoms with van der Waals surface area (Å²) in [7, 11) is 4.52. The Hall–Kier alpha value is -2.44. The van der Waals surface area contributed by atoms with Gasteiger partial charge in [0, 0.05) is 12.1 Å². The number of hydrogen-bond donors (Lipinski definition) is 0. The zero-order chi connectivity index (χ0) is 20.6. The van der Waals surface area contributed by atoms with Crippen molar-refractivity contribution >= 4 is 38.3 Å². The van der Waals surface area contributed by atoms with E-state index in [1.165, 1.54) is 14.2 Å². The Bertz CT molecular complexity index is 936. The van der Waals surface area contributed by atoms with Crippen molar-refractivity contribution in [1.82, 2.24) is 0 Å². The van der Waals surface area contributed by atoms with E-state index in [0.29, 0.717) is 29.4 Å². The molecule has 0 amide bonds. The van der Waals surface area contributed by atoms with Gasteiger partial charge in [-0.1, -0.05) is 42.5 Å². The topological polar surface area (TPSA) is 54.0 Å². The van der Waals surface area contributed by atoms with Crippen molar-refractivity contribution in [3.05, 3.63) is 77.9 Å². The SMILES string of the molecule is COc1cc(OC)c(C(=O)Pc2ccc(OCc3ccccc3)cc2)c(OC)c1.[LiH]. The summed E-state index contributed by atoms with van der Waals surface area (Å²) >= 11 is 0. The van der Waals surface area contributed by atoms with Gasteiger partial charge in [-0.3, -0.25) is 4.79 Å². The standard InChI is InChI=1S/C23H23O5P.Li.H/c1-25-18-13-20(26-2)22(21(14-18)27-3)23(24)29-19-11-9-17(10-12-19)28-15-16-7-5-4-6-8-16;;/h4-14,29H,15H2,1-3H3;;. The van der Waals surface area contributed by atoms with E-state index in [1.54, 1.807) is 19.2 Å². The molecule has 0 bridgehead atoms. The van der Waals surface area contributed by atoms with Crippen LogP contribution in [-0.4, -0.2) is 45.7 Å². The molecule has 30 heavy (non-hydrogen) atoms. The van der Waals surface area contributed by atoms with Crippen LogP contribution >= 0.6 is 8.58 Å². The predicted octanol–water partition coefficient (Wildman–Crippen LogP) is 3.79. The van der Waals surface area contributed by atoms with Crippen LogP contribution in [0, 0.1) is 0 Å². The molecular formula is C23H24LiO5P. The Morgan fingerprint density at radius 2 is 1.40 bits per heavy atom. The maximum atomic E-state index is 12.9. The van der Waals surface area contributed by atoms with E-state index < -0.39 is 0 Å². The second-order valence-electron chi connectivity index (χ2n) is 6.16. The van der Waals surface area contributed by atoms with Gasteiger partial charge in [0.1, 0.15) is 35.2 Å². The second kappa shape index (κ2) is 11.7. The summed E-state index contributed by atoms with van der Waals surface area (Å²) in [5, 5.41) is 0.905. The maximum absolute atomic E-state index is 12.9. The van der Waals surface area contributed by atoms with Gasteiger partial charge in [0.15, 0.2) is 5.52 Å². The van der Waals surface area contributed by atoms with Gasteiger partial charge in [0.05, 0.1) is 21.3 Å². The van der Waals surface area contributed by atoms with Crippen molar-refractivity contribution in [3.63, 3.8) is 0 Å². The molecule has 1 unspecified atom stereocenters. The van der Waals surface area contributed by atoms with Crippen LogP contribution in [0.25, 0.3) is 0 Å². The molecular weight excluding hydrogens is 394 g/mol. The molecule has 0 aliphatic rings. The average Bonchev–Trinajstić information content (AvgIpc) is 2.78. The zero-order valence-corrected chi connectivity index (χ0v) is 17.6. The summed E-state index contributed by atoms with van der Waals surface area (Å²) in [6.07, 6.45) is 0. The summed E-state index contributed by atoms with van der Waals surface area (Å²) in [4.78, 5) is 12.9. The first-order valence-electron chi connectivity index (χ1n) is 9.02. The van der Waals surface area contributed by atoms with Gasteiger partial charge in [-0.05, 0) is 31.6 Å². The van der Waals surface area contributed by atoms with E-state index in [2.05, 4.69) is 0 Å². The van der Waals surface area contributed by atoms with E-state index in [1.807, 2.05) is 54.6 Å². The molecule has 0 saturated carbocycles. The third-order valence-electron chi connectivity index (χ3n) is 4.30. The first-order chi connectivity index (χ1) is 14.1. The Balaban J connectivity index is 0.00000320. The van der Waals surface area contributed by atoms with E-state index in [9.17, 15) is 4.79 Å². The van der Waals surface area contributed by atoms with Gasteiger partial charge in [0.25, 0.3) is 0 Å². The molecule has 0 N–H and O–H groups in total. The quantitative estimate of drug-likeness (QED) is 0.391. The monoisotopic (exact) mass is 418 g/mol. The molecule has 0 radical (unpaired) electrons. The molecule has 3 rings (SSSR count). The molecule has 0 saturated heterocycles. The summed E-state index contributed by atoms with van der Waals surface area (Å²) in [5.74, 6) is 2.19. The number of hydrogen-bond acceptors (Lipinski definition) is 5. The van der Waals surface area contributed by atoms with Crippen LogP contribution in [0.4, 0.5) is 0 Å². The summed E-state index contributed by atoms with van der Waals surface area (Å²) in [6, 6.07) is 20.9. The van der Waals surface area contributed by atoms with Crippen LogP contribution in [0.15, 0.2) is 66.7 Å². The zero-order valence-electron chi connectivity index (χ0n) is 16.6. The molecule has 0 aliphatic heterocycles. The third-order valence-corrected chi connectivity index (χ3v) is 5.40. The molecule has 0 aliphatic carbocycles. The second-order valence-corrected chi connectivity index (χ2v) is 7.44. The number of benzene rings is 3. The van der Waals surface area contributed by atoms with Gasteiger partial charge in [-0.15, -0.1) is 0 Å². The molecule has 1 atom stereocenters. The Kier molecular flexibility index (Phi) is 9.27. The van der Waals surface area contributed by atoms with Crippen molar-refractivity contribution in [2.75, 3.05) is 21.3 Å². The first-order valence-corrected chi connectivity index (χ1v) is 10.0. The molecule has 152 valence electrons. The van der Waals surface area contributed by atoms with Gasteiger partial charge in [-0.25, -0.2) is 0 Å². The van der Waals surface area contributed by atoms with E-state index >= 15 is 0 Å². The van der Waals surface area contributed by atoms with Gasteiger partial charge < -0.3 is 18.9 Å². The van der Waals surface area contributed by atoms with Crippen LogP contribution in [0.2, 0.25) is 0 Å². The molecule has 0 spiro atoms. The first kappa shape index (κ1) is 23.8. The average molecular weight is 418 g/mol. The molecule has 3 aromatic rings. The van der Waals surface area contributed by atoms with E-state index in [0.717, 1.165) is 16.6 Å². The van der Waals surface area contributed by atoms with Crippen molar-refractivity contribution < 1.29 is 23.7 Å². The summed E-state index contributed by atoms with van der Waals surface area (Å²) < 4.78 is 21.8. The summed E-state index contributed by atoms with van der Waals surface area (Å²) in [5.41, 5.74) is 1.45. The molecule has 0 heterocycles. The number of methoxy groups -OCH3 is 3. The molecule has 7 heteroatoms. The minimum atomic E-state index is -0.0720. The van der Waals surface area contributed by atoms with Crippen molar-refractivity contribution in [2.45, 2.75) is 6.61 Å². The van der Waals surface area contributed by atoms with Crippen molar-refractivity contribution in [1.29, 1.82) is 0 Å². The Morgan fingerprint density at radius 1 is 0.800 bits per heavy atom. The van der Waals surface area contributed by atoms with E-state index in [4.69, 9.17) is 18.9 Å². The van der Waals surface area contributed by atoms with Gasteiger partial charge in [-0.2, -0.15) is 0 Å². The van der Waals surface area contributed by atoms with Crippen molar-refractivity contribution in [2.24, 2.45) is 0 Å². The van der Waals surface area contributed by atoms with Crippen LogP contribution in [-0.2, 0) is 6.61 Å². The summed E-state index contributed by atoms with van der Waals surface area (Å²) in [6.45, 7) is 0.502. The van der Waals surface area contributed by atoms with Crippen LogP contribution in [0.3, 0.4) is 0 Å². The molecule has 5 nitrogen and oxygen atoms in total. The number of ether oxygens (including phenoxy) is 4. The molecule has 0 aromatic heterocycles. The fraction of sp³-hybridized carbons (Fsp3) is 0.174. The minimum absolute atomic E-state index is 0. The third kappa shape index (κ3) is 6.03. The van der Waals surface area contributed by atoms with Crippen LogP contribution < -0.4 is 24.3 Å². The van der Waals surface area contributed by atoms with Crippen LogP contribution in [0.5, 0.6) is 23.0 Å². The predicted molar refractivity (Wildman–Crippen MR) is 123 cm³/mol. The number of carbonyl (C=O) groups is 1. The Labute approximate surface area is 190 Å². The van der Waals surface area contributed by atoms with Crippen molar-refractivity contribution in [3.8, 4) is 23.0 Å². The fourth-order valence-corrected chi connectivity index (χ4v) is 3.77. The van der Waals surface area contributed by atoms with Gasteiger partial charge >= 0.3 is 18.9 Å². The fourth-order valence-electron chi connectivity index (χ4n) is 2.80. The molecule has 0 fully saturated rings. The van der Waals surface area contributed by atoms with Gasteiger partial charge in [0.2, 0.25) is 0 Å². The number of rotatable bonds is 9. The van der Waals surface area contributed by atoms with Crippen LogP contribution in [0.1, 0.15) is 15.9 Å². The number of carbonyl (C=O) groups excluding carboxylic acids is 1.